The van der Waals surface area contributed by atoms with Crippen molar-refractivity contribution in [2.24, 2.45) is 0 Å². The lowest BCUT2D eigenvalue weighted by atomic mass is 10.1. The van der Waals surface area contributed by atoms with Gasteiger partial charge in [-0.2, -0.15) is 19.6 Å². The van der Waals surface area contributed by atoms with Crippen molar-refractivity contribution in [3.05, 3.63) is 41.5 Å². The van der Waals surface area contributed by atoms with Gasteiger partial charge in [-0.25, -0.2) is 13.2 Å². The van der Waals surface area contributed by atoms with Gasteiger partial charge in [-0.3, -0.25) is 4.90 Å². The molecule has 0 atom stereocenters. The zero-order valence-corrected chi connectivity index (χ0v) is 14.9. The Bertz CT molecular complexity index is 1010. The van der Waals surface area contributed by atoms with Crippen molar-refractivity contribution < 1.29 is 13.2 Å². The largest absolute Gasteiger partial charge is 0.383 e. The molecule has 1 aliphatic rings. The molecule has 148 valence electrons. The fourth-order valence-electron chi connectivity index (χ4n) is 3.44. The number of fused-ring (bicyclic) bond motifs is 1. The summed E-state index contributed by atoms with van der Waals surface area (Å²) in [5, 5.41) is 4.02. The Balaban J connectivity index is 1.41. The summed E-state index contributed by atoms with van der Waals surface area (Å²) in [6, 6.07) is 1.73. The van der Waals surface area contributed by atoms with E-state index in [4.69, 9.17) is 11.5 Å². The van der Waals surface area contributed by atoms with E-state index in [2.05, 4.69) is 20.0 Å². The van der Waals surface area contributed by atoms with Crippen LogP contribution in [-0.2, 0) is 6.42 Å². The van der Waals surface area contributed by atoms with E-state index in [0.29, 0.717) is 62.1 Å². The van der Waals surface area contributed by atoms with Crippen LogP contribution in [0.15, 0.2) is 18.5 Å². The average Bonchev–Trinajstić information content (AvgIpc) is 3.14. The quantitative estimate of drug-likeness (QED) is 0.641. The summed E-state index contributed by atoms with van der Waals surface area (Å²) in [6.07, 6.45) is 1.90. The molecular weight excluding hydrogens is 373 g/mol. The van der Waals surface area contributed by atoms with Gasteiger partial charge in [0.05, 0.1) is 0 Å². The van der Waals surface area contributed by atoms with Gasteiger partial charge in [0.2, 0.25) is 0 Å². The van der Waals surface area contributed by atoms with Crippen molar-refractivity contribution in [3.63, 3.8) is 0 Å². The molecular formula is C17H19F3N8. The van der Waals surface area contributed by atoms with E-state index in [1.807, 2.05) is 0 Å². The standard InChI is InChI=1S/C17H19F3N8/c18-11-1-2-12(19)14(13(11)20)27-7-5-26(6-8-27)4-3-10-15(21)25-17-23-9-24-28(17)16(10)22/h1-2,9H,3-8,22H2,(H2,21,23,24,25). The molecule has 4 N–H and O–H groups in total. The molecule has 0 spiro atoms. The van der Waals surface area contributed by atoms with Crippen LogP contribution in [-0.4, -0.2) is 57.2 Å². The van der Waals surface area contributed by atoms with Crippen LogP contribution in [0.4, 0.5) is 30.5 Å². The smallest absolute Gasteiger partial charge is 0.256 e. The second-order valence-corrected chi connectivity index (χ2v) is 6.60. The minimum Gasteiger partial charge on any atom is -0.383 e. The summed E-state index contributed by atoms with van der Waals surface area (Å²) >= 11 is 0. The van der Waals surface area contributed by atoms with Crippen LogP contribution in [0.2, 0.25) is 0 Å². The van der Waals surface area contributed by atoms with E-state index >= 15 is 0 Å². The van der Waals surface area contributed by atoms with Crippen LogP contribution in [0.5, 0.6) is 0 Å². The van der Waals surface area contributed by atoms with Gasteiger partial charge in [-0.15, -0.1) is 0 Å². The number of nitrogens with zero attached hydrogens (tertiary/aromatic N) is 6. The molecule has 8 nitrogen and oxygen atoms in total. The van der Waals surface area contributed by atoms with Gasteiger partial charge in [-0.1, -0.05) is 0 Å². The number of rotatable bonds is 4. The second-order valence-electron chi connectivity index (χ2n) is 6.60. The lowest BCUT2D eigenvalue weighted by molar-refractivity contribution is 0.259. The van der Waals surface area contributed by atoms with Gasteiger partial charge in [0.1, 0.15) is 29.5 Å². The number of halogens is 3. The molecule has 1 aromatic carbocycles. The fraction of sp³-hybridized carbons (Fsp3) is 0.353. The Morgan fingerprint density at radius 2 is 1.71 bits per heavy atom. The second kappa shape index (κ2) is 7.15. The van der Waals surface area contributed by atoms with E-state index in [0.717, 1.165) is 12.1 Å². The van der Waals surface area contributed by atoms with Crippen LogP contribution in [0.25, 0.3) is 5.78 Å². The third-order valence-electron chi connectivity index (χ3n) is 4.98. The Hall–Kier alpha value is -3.08. The van der Waals surface area contributed by atoms with Gasteiger partial charge in [0.15, 0.2) is 11.6 Å². The summed E-state index contributed by atoms with van der Waals surface area (Å²) in [4.78, 5) is 11.8. The van der Waals surface area contributed by atoms with Crippen molar-refractivity contribution >= 4 is 23.1 Å². The lowest BCUT2D eigenvalue weighted by Crippen LogP contribution is -2.47. The normalized spacial score (nSPS) is 15.5. The molecule has 0 aliphatic carbocycles. The molecule has 0 unspecified atom stereocenters. The topological polar surface area (TPSA) is 102 Å². The van der Waals surface area contributed by atoms with Gasteiger partial charge in [0, 0.05) is 38.3 Å². The third kappa shape index (κ3) is 3.17. The van der Waals surface area contributed by atoms with Crippen LogP contribution in [0, 0.1) is 17.5 Å². The molecule has 11 heteroatoms. The molecule has 0 saturated carbocycles. The Kier molecular flexibility index (Phi) is 4.67. The van der Waals surface area contributed by atoms with E-state index in [1.54, 1.807) is 0 Å². The predicted molar refractivity (Wildman–Crippen MR) is 98.3 cm³/mol. The first-order chi connectivity index (χ1) is 13.5. The first-order valence-electron chi connectivity index (χ1n) is 8.80. The maximum atomic E-state index is 14.0. The molecule has 3 heterocycles. The van der Waals surface area contributed by atoms with Gasteiger partial charge >= 0.3 is 0 Å². The van der Waals surface area contributed by atoms with Gasteiger partial charge in [0.25, 0.3) is 5.78 Å². The first-order valence-corrected chi connectivity index (χ1v) is 8.80. The summed E-state index contributed by atoms with van der Waals surface area (Å²) in [6.45, 7) is 2.52. The molecule has 0 radical (unpaired) electrons. The molecule has 1 saturated heterocycles. The maximum Gasteiger partial charge on any atom is 0.256 e. The van der Waals surface area contributed by atoms with Crippen molar-refractivity contribution in [2.45, 2.75) is 6.42 Å². The molecule has 1 fully saturated rings. The zero-order valence-electron chi connectivity index (χ0n) is 14.9. The van der Waals surface area contributed by atoms with Crippen molar-refractivity contribution in [3.8, 4) is 0 Å². The monoisotopic (exact) mass is 392 g/mol. The molecule has 0 amide bonds. The highest BCUT2D eigenvalue weighted by atomic mass is 19.2. The minimum absolute atomic E-state index is 0.306. The van der Waals surface area contributed by atoms with E-state index in [9.17, 15) is 13.2 Å². The number of benzene rings is 1. The zero-order chi connectivity index (χ0) is 19.8. The number of nitrogens with two attached hydrogens (primary N) is 2. The SMILES string of the molecule is Nc1nc2ncnn2c(N)c1CCN1CCN(c2c(F)ccc(F)c2F)CC1. The highest BCUT2D eigenvalue weighted by Gasteiger charge is 2.24. The van der Waals surface area contributed by atoms with Gasteiger partial charge < -0.3 is 16.4 Å². The molecule has 2 aromatic heterocycles. The first kappa shape index (κ1) is 18.3. The van der Waals surface area contributed by atoms with Crippen molar-refractivity contribution in [1.29, 1.82) is 0 Å². The Labute approximate surface area is 158 Å². The number of piperazine rings is 1. The Morgan fingerprint density at radius 1 is 1.00 bits per heavy atom. The number of nitrogen functional groups attached to an aromatic ring is 2. The number of anilines is 3. The van der Waals surface area contributed by atoms with Gasteiger partial charge in [-0.05, 0) is 18.6 Å². The van der Waals surface area contributed by atoms with Crippen LogP contribution in [0.1, 0.15) is 5.56 Å². The molecule has 3 aromatic rings. The number of aromatic nitrogens is 4. The maximum absolute atomic E-state index is 14.0. The van der Waals surface area contributed by atoms with E-state index in [-0.39, 0.29) is 5.69 Å². The highest BCUT2D eigenvalue weighted by molar-refractivity contribution is 5.58. The van der Waals surface area contributed by atoms with Crippen LogP contribution in [0.3, 0.4) is 0 Å². The average molecular weight is 392 g/mol. The van der Waals surface area contributed by atoms with Crippen molar-refractivity contribution in [1.82, 2.24) is 24.5 Å². The molecule has 1 aliphatic heterocycles. The summed E-state index contributed by atoms with van der Waals surface area (Å²) in [5.74, 6) is -1.93. The minimum atomic E-state index is -1.15. The van der Waals surface area contributed by atoms with E-state index < -0.39 is 17.5 Å². The summed E-state index contributed by atoms with van der Waals surface area (Å²) in [7, 11) is 0. The van der Waals surface area contributed by atoms with Crippen LogP contribution < -0.4 is 16.4 Å². The summed E-state index contributed by atoms with van der Waals surface area (Å²) in [5.41, 5.74) is 12.5. The fourth-order valence-corrected chi connectivity index (χ4v) is 3.44. The van der Waals surface area contributed by atoms with E-state index in [1.165, 1.54) is 15.7 Å². The molecule has 0 bridgehead atoms. The molecule has 28 heavy (non-hydrogen) atoms. The predicted octanol–water partition coefficient (Wildman–Crippen LogP) is 1.07. The lowest BCUT2D eigenvalue weighted by Gasteiger charge is -2.36. The van der Waals surface area contributed by atoms with Crippen LogP contribution >= 0.6 is 0 Å². The highest BCUT2D eigenvalue weighted by Crippen LogP contribution is 2.26. The summed E-state index contributed by atoms with van der Waals surface area (Å²) < 4.78 is 42.8. The number of hydrogen-bond donors (Lipinski definition) is 2. The Morgan fingerprint density at radius 3 is 2.46 bits per heavy atom. The van der Waals surface area contributed by atoms with Crippen molar-refractivity contribution in [2.75, 3.05) is 49.1 Å². The number of hydrogen-bond acceptors (Lipinski definition) is 7. The molecule has 4 rings (SSSR count). The third-order valence-corrected chi connectivity index (χ3v) is 4.98.